The lowest BCUT2D eigenvalue weighted by molar-refractivity contribution is -0.192. The number of carbonyl (C=O) groups excluding carboxylic acids is 1. The van der Waals surface area contributed by atoms with Gasteiger partial charge >= 0.3 is 12.1 Å². The summed E-state index contributed by atoms with van der Waals surface area (Å²) in [5.74, 6) is -1.14. The van der Waals surface area contributed by atoms with Crippen LogP contribution in [0, 0.1) is 12.3 Å². The molecule has 0 unspecified atom stereocenters. The average Bonchev–Trinajstić information content (AvgIpc) is 3.35. The standard InChI is InChI=1S/C18H22N4O2.C2HF3O2/c1-14-15(3-12-24-14)16(23)21-9-4-18(5-10-21)6-11-22(13-18)17-19-7-2-8-20-17;3-2(4,5)1(6)7/h2-3,7-8,12H,4-6,9-11,13H2,1H3;(H,6,7). The fourth-order valence-corrected chi connectivity index (χ4v) is 3.93. The maximum absolute atomic E-state index is 12.6. The van der Waals surface area contributed by atoms with Crippen molar-refractivity contribution in [1.82, 2.24) is 14.9 Å². The Hall–Kier alpha value is -3.11. The van der Waals surface area contributed by atoms with Gasteiger partial charge in [-0.2, -0.15) is 13.2 Å². The predicted octanol–water partition coefficient (Wildman–Crippen LogP) is 3.14. The van der Waals surface area contributed by atoms with Gasteiger partial charge in [0.1, 0.15) is 5.76 Å². The number of alkyl halides is 3. The zero-order valence-electron chi connectivity index (χ0n) is 16.9. The van der Waals surface area contributed by atoms with Crippen LogP contribution in [0.2, 0.25) is 0 Å². The van der Waals surface area contributed by atoms with E-state index in [1.54, 1.807) is 24.7 Å². The molecule has 8 nitrogen and oxygen atoms in total. The lowest BCUT2D eigenvalue weighted by Gasteiger charge is -2.39. The van der Waals surface area contributed by atoms with E-state index in [1.165, 1.54) is 0 Å². The molecule has 0 aromatic carbocycles. The highest BCUT2D eigenvalue weighted by atomic mass is 19.4. The lowest BCUT2D eigenvalue weighted by Crippen LogP contribution is -2.44. The van der Waals surface area contributed by atoms with Gasteiger partial charge in [-0.25, -0.2) is 14.8 Å². The van der Waals surface area contributed by atoms with Crippen LogP contribution < -0.4 is 4.90 Å². The maximum atomic E-state index is 12.6. The summed E-state index contributed by atoms with van der Waals surface area (Å²) in [6.45, 7) is 5.45. The third kappa shape index (κ3) is 5.33. The van der Waals surface area contributed by atoms with E-state index in [4.69, 9.17) is 14.3 Å². The largest absolute Gasteiger partial charge is 0.490 e. The van der Waals surface area contributed by atoms with E-state index >= 15 is 0 Å². The first-order valence-electron chi connectivity index (χ1n) is 9.77. The van der Waals surface area contributed by atoms with Crippen molar-refractivity contribution >= 4 is 17.8 Å². The van der Waals surface area contributed by atoms with Gasteiger partial charge in [-0.3, -0.25) is 4.79 Å². The van der Waals surface area contributed by atoms with Crippen molar-refractivity contribution in [3.63, 3.8) is 0 Å². The van der Waals surface area contributed by atoms with E-state index in [9.17, 15) is 18.0 Å². The number of hydrogen-bond acceptors (Lipinski definition) is 6. The first-order valence-corrected chi connectivity index (χ1v) is 9.77. The van der Waals surface area contributed by atoms with Gasteiger partial charge in [-0.1, -0.05) is 0 Å². The Kier molecular flexibility index (Phi) is 6.51. The van der Waals surface area contributed by atoms with Gasteiger partial charge in [0.05, 0.1) is 11.8 Å². The number of carboxylic acids is 1. The Labute approximate surface area is 176 Å². The first-order chi connectivity index (χ1) is 14.6. The molecule has 2 aromatic rings. The number of nitrogens with zero attached hydrogens (tertiary/aromatic N) is 4. The second-order valence-corrected chi connectivity index (χ2v) is 7.71. The Morgan fingerprint density at radius 1 is 1.13 bits per heavy atom. The number of rotatable bonds is 2. The highest BCUT2D eigenvalue weighted by Crippen LogP contribution is 2.41. The van der Waals surface area contributed by atoms with Gasteiger partial charge in [0, 0.05) is 38.6 Å². The number of carbonyl (C=O) groups is 2. The SMILES string of the molecule is Cc1occc1C(=O)N1CCC2(CC1)CCN(c1ncccn1)C2.O=C(O)C(F)(F)F. The molecule has 1 spiro atoms. The van der Waals surface area contributed by atoms with Crippen molar-refractivity contribution < 1.29 is 32.3 Å². The predicted molar refractivity (Wildman–Crippen MR) is 104 cm³/mol. The number of piperidine rings is 1. The number of aromatic nitrogens is 2. The van der Waals surface area contributed by atoms with E-state index in [0.29, 0.717) is 16.7 Å². The number of hydrogen-bond donors (Lipinski definition) is 1. The van der Waals surface area contributed by atoms with E-state index in [2.05, 4.69) is 14.9 Å². The van der Waals surface area contributed by atoms with Crippen molar-refractivity contribution in [3.8, 4) is 0 Å². The number of aliphatic carboxylic acids is 1. The number of carboxylic acid groups (broad SMARTS) is 1. The molecule has 168 valence electrons. The molecule has 0 atom stereocenters. The van der Waals surface area contributed by atoms with Crippen LogP contribution >= 0.6 is 0 Å². The second kappa shape index (κ2) is 8.94. The van der Waals surface area contributed by atoms with Crippen molar-refractivity contribution in [3.05, 3.63) is 42.1 Å². The summed E-state index contributed by atoms with van der Waals surface area (Å²) in [7, 11) is 0. The van der Waals surface area contributed by atoms with Crippen molar-refractivity contribution in [2.75, 3.05) is 31.1 Å². The summed E-state index contributed by atoms with van der Waals surface area (Å²) in [5.41, 5.74) is 0.984. The van der Waals surface area contributed by atoms with Crippen LogP contribution in [-0.4, -0.2) is 64.2 Å². The van der Waals surface area contributed by atoms with Crippen molar-refractivity contribution in [2.24, 2.45) is 5.41 Å². The molecule has 1 amide bonds. The molecule has 1 N–H and O–H groups in total. The summed E-state index contributed by atoms with van der Waals surface area (Å²) in [6.07, 6.45) is 3.32. The van der Waals surface area contributed by atoms with Gasteiger partial charge in [0.2, 0.25) is 5.95 Å². The molecule has 4 rings (SSSR count). The Balaban J connectivity index is 0.000000339. The Bertz CT molecular complexity index is 909. The average molecular weight is 440 g/mol. The molecule has 2 saturated heterocycles. The van der Waals surface area contributed by atoms with Crippen LogP contribution in [0.25, 0.3) is 0 Å². The number of anilines is 1. The van der Waals surface area contributed by atoms with Gasteiger partial charge in [-0.05, 0) is 43.7 Å². The molecule has 2 aromatic heterocycles. The fraction of sp³-hybridized carbons (Fsp3) is 0.500. The summed E-state index contributed by atoms with van der Waals surface area (Å²) in [4.78, 5) is 34.5. The first kappa shape index (κ1) is 22.6. The number of furan rings is 1. The van der Waals surface area contributed by atoms with Gasteiger partial charge in [0.25, 0.3) is 5.91 Å². The van der Waals surface area contributed by atoms with Crippen LogP contribution in [0.1, 0.15) is 35.4 Å². The zero-order chi connectivity index (χ0) is 22.6. The molecule has 2 fully saturated rings. The minimum absolute atomic E-state index is 0.0948. The number of halogens is 3. The number of amides is 1. The second-order valence-electron chi connectivity index (χ2n) is 7.71. The third-order valence-electron chi connectivity index (χ3n) is 5.72. The van der Waals surface area contributed by atoms with E-state index in [-0.39, 0.29) is 5.91 Å². The molecule has 4 heterocycles. The Morgan fingerprint density at radius 3 is 2.23 bits per heavy atom. The monoisotopic (exact) mass is 440 g/mol. The lowest BCUT2D eigenvalue weighted by atomic mass is 9.77. The Morgan fingerprint density at radius 2 is 1.71 bits per heavy atom. The molecule has 0 saturated carbocycles. The maximum Gasteiger partial charge on any atom is 0.490 e. The molecular weight excluding hydrogens is 417 g/mol. The van der Waals surface area contributed by atoms with Crippen LogP contribution in [0.3, 0.4) is 0 Å². The molecule has 31 heavy (non-hydrogen) atoms. The number of likely N-dealkylation sites (tertiary alicyclic amines) is 1. The minimum Gasteiger partial charge on any atom is -0.475 e. The molecule has 0 aliphatic carbocycles. The summed E-state index contributed by atoms with van der Waals surface area (Å²) < 4.78 is 37.0. The zero-order valence-corrected chi connectivity index (χ0v) is 16.9. The minimum atomic E-state index is -5.08. The molecule has 0 bridgehead atoms. The molecule has 2 aliphatic rings. The quantitative estimate of drug-likeness (QED) is 0.766. The number of aryl methyl sites for hydroxylation is 1. The summed E-state index contributed by atoms with van der Waals surface area (Å²) >= 11 is 0. The fourth-order valence-electron chi connectivity index (χ4n) is 3.93. The molecule has 2 aliphatic heterocycles. The van der Waals surface area contributed by atoms with E-state index in [0.717, 1.165) is 51.4 Å². The van der Waals surface area contributed by atoms with Gasteiger partial charge < -0.3 is 19.3 Å². The van der Waals surface area contributed by atoms with E-state index in [1.807, 2.05) is 17.9 Å². The van der Waals surface area contributed by atoms with Crippen LogP contribution in [0.4, 0.5) is 19.1 Å². The van der Waals surface area contributed by atoms with Gasteiger partial charge in [0.15, 0.2) is 0 Å². The van der Waals surface area contributed by atoms with Crippen molar-refractivity contribution in [1.29, 1.82) is 0 Å². The highest BCUT2D eigenvalue weighted by molar-refractivity contribution is 5.95. The molecular formula is C20H23F3N4O4. The summed E-state index contributed by atoms with van der Waals surface area (Å²) in [5, 5.41) is 7.12. The molecule has 0 radical (unpaired) electrons. The van der Waals surface area contributed by atoms with E-state index < -0.39 is 12.1 Å². The smallest absolute Gasteiger partial charge is 0.475 e. The topological polar surface area (TPSA) is 99.8 Å². The summed E-state index contributed by atoms with van der Waals surface area (Å²) in [6, 6.07) is 3.61. The molecule has 11 heteroatoms. The van der Waals surface area contributed by atoms with Gasteiger partial charge in [-0.15, -0.1) is 0 Å². The van der Waals surface area contributed by atoms with Crippen molar-refractivity contribution in [2.45, 2.75) is 32.4 Å². The normalized spacial score (nSPS) is 17.9. The highest BCUT2D eigenvalue weighted by Gasteiger charge is 2.42. The van der Waals surface area contributed by atoms with Crippen LogP contribution in [0.5, 0.6) is 0 Å². The van der Waals surface area contributed by atoms with Crippen LogP contribution in [-0.2, 0) is 4.79 Å². The van der Waals surface area contributed by atoms with Crippen LogP contribution in [0.15, 0.2) is 35.2 Å². The third-order valence-corrected chi connectivity index (χ3v) is 5.72.